The second kappa shape index (κ2) is 6.97. The number of hydrogen-bond donors (Lipinski definition) is 1. The molecule has 0 fully saturated rings. The number of carbonyl (C=O) groups is 3. The van der Waals surface area contributed by atoms with Gasteiger partial charge in [-0.3, -0.25) is 19.3 Å². The maximum atomic E-state index is 12.4. The molecular weight excluding hydrogens is 362 g/mol. The molecule has 7 heteroatoms. The second-order valence-electron chi connectivity index (χ2n) is 6.63. The van der Waals surface area contributed by atoms with Gasteiger partial charge in [0.1, 0.15) is 11.1 Å². The van der Waals surface area contributed by atoms with E-state index in [0.717, 1.165) is 36.1 Å². The predicted molar refractivity (Wildman–Crippen MR) is 101 cm³/mol. The summed E-state index contributed by atoms with van der Waals surface area (Å²) in [6.45, 7) is 0.0190. The Morgan fingerprint density at radius 1 is 1.15 bits per heavy atom. The van der Waals surface area contributed by atoms with Crippen LogP contribution in [0.2, 0.25) is 0 Å². The molecule has 6 nitrogen and oxygen atoms in total. The topological polar surface area (TPSA) is 90.3 Å². The van der Waals surface area contributed by atoms with Crippen LogP contribution in [0.4, 0.5) is 5.00 Å². The van der Waals surface area contributed by atoms with E-state index in [-0.39, 0.29) is 30.7 Å². The third-order valence-corrected chi connectivity index (χ3v) is 6.18. The highest BCUT2D eigenvalue weighted by molar-refractivity contribution is 7.16. The number of nitriles is 1. The quantitative estimate of drug-likeness (QED) is 0.827. The molecule has 0 bridgehead atoms. The van der Waals surface area contributed by atoms with Crippen molar-refractivity contribution in [1.29, 1.82) is 5.26 Å². The highest BCUT2D eigenvalue weighted by Crippen LogP contribution is 2.37. The van der Waals surface area contributed by atoms with Crippen molar-refractivity contribution in [3.05, 3.63) is 51.4 Å². The molecule has 2 heterocycles. The molecule has 1 aromatic heterocycles. The van der Waals surface area contributed by atoms with Gasteiger partial charge in [-0.15, -0.1) is 11.3 Å². The van der Waals surface area contributed by atoms with Crippen LogP contribution in [0.5, 0.6) is 0 Å². The van der Waals surface area contributed by atoms with Crippen LogP contribution in [0.15, 0.2) is 24.3 Å². The molecule has 2 aromatic rings. The van der Waals surface area contributed by atoms with Gasteiger partial charge in [-0.25, -0.2) is 0 Å². The number of amides is 3. The molecule has 2 aliphatic rings. The summed E-state index contributed by atoms with van der Waals surface area (Å²) < 4.78 is 0. The number of carbonyl (C=O) groups excluding carboxylic acids is 3. The minimum atomic E-state index is -0.368. The number of nitrogens with one attached hydrogen (secondary N) is 1. The van der Waals surface area contributed by atoms with Crippen molar-refractivity contribution in [2.75, 3.05) is 11.9 Å². The Morgan fingerprint density at radius 2 is 1.81 bits per heavy atom. The average molecular weight is 379 g/mol. The highest BCUT2D eigenvalue weighted by Gasteiger charge is 2.35. The minimum absolute atomic E-state index is 0.00109. The molecule has 0 spiro atoms. The summed E-state index contributed by atoms with van der Waals surface area (Å²) in [7, 11) is 0. The number of aryl methyl sites for hydroxylation is 1. The molecule has 1 N–H and O–H groups in total. The van der Waals surface area contributed by atoms with E-state index < -0.39 is 0 Å². The molecule has 0 atom stereocenters. The first-order chi connectivity index (χ1) is 13.1. The third-order valence-electron chi connectivity index (χ3n) is 4.98. The van der Waals surface area contributed by atoms with E-state index in [9.17, 15) is 19.6 Å². The molecule has 4 rings (SSSR count). The van der Waals surface area contributed by atoms with E-state index in [2.05, 4.69) is 11.4 Å². The van der Waals surface area contributed by atoms with E-state index in [1.54, 1.807) is 24.3 Å². The molecule has 1 aliphatic heterocycles. The van der Waals surface area contributed by atoms with Crippen LogP contribution < -0.4 is 5.32 Å². The first kappa shape index (κ1) is 17.4. The fourth-order valence-electron chi connectivity index (χ4n) is 3.62. The van der Waals surface area contributed by atoms with E-state index in [1.807, 2.05) is 0 Å². The Hall–Kier alpha value is -2.98. The highest BCUT2D eigenvalue weighted by atomic mass is 32.1. The molecule has 0 radical (unpaired) electrons. The Morgan fingerprint density at radius 3 is 2.48 bits per heavy atom. The number of hydrogen-bond acceptors (Lipinski definition) is 5. The summed E-state index contributed by atoms with van der Waals surface area (Å²) in [4.78, 5) is 39.3. The Kier molecular flexibility index (Phi) is 4.50. The van der Waals surface area contributed by atoms with Crippen LogP contribution in [0, 0.1) is 11.3 Å². The average Bonchev–Trinajstić information content (AvgIpc) is 3.15. The van der Waals surface area contributed by atoms with Gasteiger partial charge in [0.2, 0.25) is 5.91 Å². The van der Waals surface area contributed by atoms with E-state index in [0.29, 0.717) is 21.7 Å². The fourth-order valence-corrected chi connectivity index (χ4v) is 4.87. The van der Waals surface area contributed by atoms with E-state index in [1.165, 1.54) is 16.2 Å². The van der Waals surface area contributed by atoms with Gasteiger partial charge in [0.25, 0.3) is 11.8 Å². The number of benzene rings is 1. The first-order valence-electron chi connectivity index (χ1n) is 8.90. The summed E-state index contributed by atoms with van der Waals surface area (Å²) in [5, 5.41) is 12.8. The normalized spacial score (nSPS) is 15.3. The van der Waals surface area contributed by atoms with Gasteiger partial charge in [0.15, 0.2) is 0 Å². The largest absolute Gasteiger partial charge is 0.317 e. The van der Waals surface area contributed by atoms with E-state index >= 15 is 0 Å². The number of imide groups is 1. The minimum Gasteiger partial charge on any atom is -0.317 e. The standard InChI is InChI=1S/C20H17N3O3S/c21-11-15-12-5-3-4-8-16(12)27-18(15)22-17(24)9-10-23-19(25)13-6-1-2-7-14(13)20(23)26/h1-2,6-7H,3-5,8-10H2,(H,22,24). The summed E-state index contributed by atoms with van der Waals surface area (Å²) >= 11 is 1.46. The van der Waals surface area contributed by atoms with Crippen molar-refractivity contribution < 1.29 is 14.4 Å². The number of fused-ring (bicyclic) bond motifs is 2. The van der Waals surface area contributed by atoms with Crippen molar-refractivity contribution in [2.24, 2.45) is 0 Å². The lowest BCUT2D eigenvalue weighted by molar-refractivity contribution is -0.116. The van der Waals surface area contributed by atoms with Gasteiger partial charge in [0, 0.05) is 17.8 Å². The summed E-state index contributed by atoms with van der Waals surface area (Å²) in [5.74, 6) is -1.04. The third kappa shape index (κ3) is 3.02. The van der Waals surface area contributed by atoms with Crippen LogP contribution >= 0.6 is 11.3 Å². The maximum absolute atomic E-state index is 12.4. The number of rotatable bonds is 4. The van der Waals surface area contributed by atoms with Crippen molar-refractivity contribution in [2.45, 2.75) is 32.1 Å². The SMILES string of the molecule is N#Cc1c(NC(=O)CCN2C(=O)c3ccccc3C2=O)sc2c1CCCC2. The smallest absolute Gasteiger partial charge is 0.261 e. The molecule has 1 aromatic carbocycles. The van der Waals surface area contributed by atoms with Crippen LogP contribution in [-0.4, -0.2) is 29.2 Å². The summed E-state index contributed by atoms with van der Waals surface area (Å²) in [6.07, 6.45) is 3.98. The van der Waals surface area contributed by atoms with Gasteiger partial charge in [-0.1, -0.05) is 12.1 Å². The lowest BCUT2D eigenvalue weighted by atomic mass is 9.96. The number of anilines is 1. The molecule has 0 saturated heterocycles. The Bertz CT molecular complexity index is 967. The van der Waals surface area contributed by atoms with Crippen molar-refractivity contribution in [1.82, 2.24) is 4.90 Å². The van der Waals surface area contributed by atoms with Crippen molar-refractivity contribution in [3.63, 3.8) is 0 Å². The zero-order chi connectivity index (χ0) is 19.0. The zero-order valence-electron chi connectivity index (χ0n) is 14.6. The van der Waals surface area contributed by atoms with Crippen LogP contribution in [0.1, 0.15) is 56.0 Å². The van der Waals surface area contributed by atoms with Crippen LogP contribution in [0.25, 0.3) is 0 Å². The molecule has 0 unspecified atom stereocenters. The van der Waals surface area contributed by atoms with Crippen LogP contribution in [0.3, 0.4) is 0 Å². The summed E-state index contributed by atoms with van der Waals surface area (Å²) in [5.41, 5.74) is 2.37. The summed E-state index contributed by atoms with van der Waals surface area (Å²) in [6, 6.07) is 8.86. The van der Waals surface area contributed by atoms with Crippen LogP contribution in [-0.2, 0) is 17.6 Å². The zero-order valence-corrected chi connectivity index (χ0v) is 15.4. The molecular formula is C20H17N3O3S. The molecule has 136 valence electrons. The maximum Gasteiger partial charge on any atom is 0.261 e. The first-order valence-corrected chi connectivity index (χ1v) is 9.71. The molecule has 27 heavy (non-hydrogen) atoms. The van der Waals surface area contributed by atoms with E-state index in [4.69, 9.17) is 0 Å². The number of nitrogens with zero attached hydrogens (tertiary/aromatic N) is 2. The fraction of sp³-hybridized carbons (Fsp3) is 0.300. The van der Waals surface area contributed by atoms with Gasteiger partial charge in [0.05, 0.1) is 16.7 Å². The molecule has 1 aliphatic carbocycles. The lowest BCUT2D eigenvalue weighted by Gasteiger charge is -2.13. The van der Waals surface area contributed by atoms with Gasteiger partial charge in [-0.2, -0.15) is 5.26 Å². The van der Waals surface area contributed by atoms with Gasteiger partial charge in [-0.05, 0) is 43.4 Å². The monoisotopic (exact) mass is 379 g/mol. The van der Waals surface area contributed by atoms with Crippen molar-refractivity contribution in [3.8, 4) is 6.07 Å². The number of thiophene rings is 1. The van der Waals surface area contributed by atoms with Gasteiger partial charge >= 0.3 is 0 Å². The Balaban J connectivity index is 1.43. The molecule has 3 amide bonds. The molecule has 0 saturated carbocycles. The Labute approximate surface area is 160 Å². The van der Waals surface area contributed by atoms with Gasteiger partial charge < -0.3 is 5.32 Å². The van der Waals surface area contributed by atoms with Crippen molar-refractivity contribution >= 4 is 34.1 Å². The predicted octanol–water partition coefficient (Wildman–Crippen LogP) is 3.12. The lowest BCUT2D eigenvalue weighted by Crippen LogP contribution is -2.32. The second-order valence-corrected chi connectivity index (χ2v) is 7.74.